The Labute approximate surface area is 121 Å². The highest BCUT2D eigenvalue weighted by atomic mass is 19.1. The average molecular weight is 283 g/mol. The van der Waals surface area contributed by atoms with Crippen LogP contribution in [0.3, 0.4) is 0 Å². The number of ether oxygens (including phenoxy) is 1. The third-order valence-electron chi connectivity index (χ3n) is 3.44. The third-order valence-corrected chi connectivity index (χ3v) is 3.44. The first kappa shape index (κ1) is 16.9. The lowest BCUT2D eigenvalue weighted by molar-refractivity contribution is 0.00795. The topological polar surface area (TPSA) is 41.5 Å². The van der Waals surface area contributed by atoms with Crippen LogP contribution in [-0.2, 0) is 0 Å². The summed E-state index contributed by atoms with van der Waals surface area (Å²) in [4.78, 5) is 0. The molecule has 0 aliphatic carbocycles. The second kappa shape index (κ2) is 7.60. The molecule has 0 radical (unpaired) electrons. The van der Waals surface area contributed by atoms with Crippen LogP contribution in [0.15, 0.2) is 18.2 Å². The van der Waals surface area contributed by atoms with Crippen molar-refractivity contribution in [2.24, 2.45) is 0 Å². The van der Waals surface area contributed by atoms with Gasteiger partial charge in [-0.05, 0) is 39.3 Å². The highest BCUT2D eigenvalue weighted by Gasteiger charge is 2.20. The zero-order chi connectivity index (χ0) is 15.2. The van der Waals surface area contributed by atoms with Gasteiger partial charge in [-0.25, -0.2) is 4.39 Å². The number of benzene rings is 1. The SMILES string of the molecule is CCCNC(C)c1ccc(F)cc1OCC(C)(O)CC. The first-order valence-electron chi connectivity index (χ1n) is 7.27. The van der Waals surface area contributed by atoms with Crippen LogP contribution < -0.4 is 10.1 Å². The lowest BCUT2D eigenvalue weighted by Gasteiger charge is -2.24. The molecule has 0 aliphatic rings. The number of aliphatic hydroxyl groups is 1. The smallest absolute Gasteiger partial charge is 0.127 e. The normalized spacial score (nSPS) is 15.7. The number of halogens is 1. The van der Waals surface area contributed by atoms with E-state index >= 15 is 0 Å². The Hall–Kier alpha value is -1.13. The van der Waals surface area contributed by atoms with Crippen LogP contribution in [-0.4, -0.2) is 23.9 Å². The first-order valence-corrected chi connectivity index (χ1v) is 7.27. The van der Waals surface area contributed by atoms with Crippen molar-refractivity contribution in [1.29, 1.82) is 0 Å². The van der Waals surface area contributed by atoms with E-state index in [9.17, 15) is 9.50 Å². The van der Waals surface area contributed by atoms with Crippen LogP contribution in [0.2, 0.25) is 0 Å². The molecule has 0 spiro atoms. The minimum Gasteiger partial charge on any atom is -0.490 e. The quantitative estimate of drug-likeness (QED) is 0.768. The molecule has 4 heteroatoms. The number of nitrogens with one attached hydrogen (secondary N) is 1. The zero-order valence-corrected chi connectivity index (χ0v) is 12.9. The maximum Gasteiger partial charge on any atom is 0.127 e. The monoisotopic (exact) mass is 283 g/mol. The lowest BCUT2D eigenvalue weighted by atomic mass is 10.0. The molecule has 0 fully saturated rings. The van der Waals surface area contributed by atoms with E-state index in [0.717, 1.165) is 18.5 Å². The lowest BCUT2D eigenvalue weighted by Crippen LogP contribution is -2.31. The fourth-order valence-electron chi connectivity index (χ4n) is 1.80. The highest BCUT2D eigenvalue weighted by Crippen LogP contribution is 2.27. The molecular formula is C16H26FNO2. The Balaban J connectivity index is 2.84. The first-order chi connectivity index (χ1) is 9.39. The molecule has 1 rings (SSSR count). The van der Waals surface area contributed by atoms with Gasteiger partial charge in [-0.2, -0.15) is 0 Å². The Kier molecular flexibility index (Phi) is 6.43. The van der Waals surface area contributed by atoms with Gasteiger partial charge < -0.3 is 15.2 Å². The molecule has 0 heterocycles. The van der Waals surface area contributed by atoms with Crippen LogP contribution in [0.5, 0.6) is 5.75 Å². The second-order valence-corrected chi connectivity index (χ2v) is 5.50. The largest absolute Gasteiger partial charge is 0.490 e. The Morgan fingerprint density at radius 2 is 2.10 bits per heavy atom. The molecule has 0 bridgehead atoms. The van der Waals surface area contributed by atoms with Crippen molar-refractivity contribution in [2.75, 3.05) is 13.2 Å². The van der Waals surface area contributed by atoms with Gasteiger partial charge >= 0.3 is 0 Å². The van der Waals surface area contributed by atoms with E-state index in [2.05, 4.69) is 12.2 Å². The molecule has 3 nitrogen and oxygen atoms in total. The fraction of sp³-hybridized carbons (Fsp3) is 0.625. The molecule has 20 heavy (non-hydrogen) atoms. The highest BCUT2D eigenvalue weighted by molar-refractivity contribution is 5.36. The van der Waals surface area contributed by atoms with Crippen LogP contribution in [0, 0.1) is 5.82 Å². The summed E-state index contributed by atoms with van der Waals surface area (Å²) >= 11 is 0. The molecule has 1 aromatic rings. The molecule has 1 aromatic carbocycles. The van der Waals surface area contributed by atoms with Gasteiger partial charge in [0.15, 0.2) is 0 Å². The molecule has 0 saturated carbocycles. The number of hydrogen-bond donors (Lipinski definition) is 2. The Bertz CT molecular complexity index is 421. The van der Waals surface area contributed by atoms with Crippen molar-refractivity contribution in [3.8, 4) is 5.75 Å². The molecule has 0 aromatic heterocycles. The van der Waals surface area contributed by atoms with Gasteiger partial charge in [0.1, 0.15) is 18.2 Å². The van der Waals surface area contributed by atoms with Gasteiger partial charge in [-0.15, -0.1) is 0 Å². The summed E-state index contributed by atoms with van der Waals surface area (Å²) in [7, 11) is 0. The third kappa shape index (κ3) is 5.10. The number of rotatable bonds is 8. The standard InChI is InChI=1S/C16H26FNO2/c1-5-9-18-12(3)14-8-7-13(17)10-15(14)20-11-16(4,19)6-2/h7-8,10,12,18-19H,5-6,9,11H2,1-4H3. The summed E-state index contributed by atoms with van der Waals surface area (Å²) in [6.07, 6.45) is 1.62. The molecular weight excluding hydrogens is 257 g/mol. The van der Waals surface area contributed by atoms with Crippen molar-refractivity contribution in [1.82, 2.24) is 5.32 Å². The predicted molar refractivity (Wildman–Crippen MR) is 79.5 cm³/mol. The number of hydrogen-bond acceptors (Lipinski definition) is 3. The molecule has 2 unspecified atom stereocenters. The summed E-state index contributed by atoms with van der Waals surface area (Å²) in [5.41, 5.74) is 0.00990. The van der Waals surface area contributed by atoms with Gasteiger partial charge in [-0.3, -0.25) is 0 Å². The maximum absolute atomic E-state index is 13.4. The molecule has 2 atom stereocenters. The van der Waals surface area contributed by atoms with Gasteiger partial charge in [-0.1, -0.05) is 19.9 Å². The van der Waals surface area contributed by atoms with Crippen LogP contribution >= 0.6 is 0 Å². The summed E-state index contributed by atoms with van der Waals surface area (Å²) < 4.78 is 19.0. The average Bonchev–Trinajstić information content (AvgIpc) is 2.42. The van der Waals surface area contributed by atoms with Crippen molar-refractivity contribution >= 4 is 0 Å². The van der Waals surface area contributed by atoms with Crippen LogP contribution in [0.4, 0.5) is 4.39 Å². The van der Waals surface area contributed by atoms with Gasteiger partial charge in [0.05, 0.1) is 5.60 Å². The van der Waals surface area contributed by atoms with E-state index in [4.69, 9.17) is 4.74 Å². The molecule has 0 saturated heterocycles. The summed E-state index contributed by atoms with van der Waals surface area (Å²) in [6, 6.07) is 4.63. The van der Waals surface area contributed by atoms with E-state index in [0.29, 0.717) is 12.2 Å². The van der Waals surface area contributed by atoms with Gasteiger partial charge in [0.2, 0.25) is 0 Å². The van der Waals surface area contributed by atoms with E-state index in [-0.39, 0.29) is 18.5 Å². The van der Waals surface area contributed by atoms with Crippen molar-refractivity contribution in [3.63, 3.8) is 0 Å². The fourth-order valence-corrected chi connectivity index (χ4v) is 1.80. The van der Waals surface area contributed by atoms with E-state index in [1.54, 1.807) is 13.0 Å². The van der Waals surface area contributed by atoms with Crippen molar-refractivity contribution in [3.05, 3.63) is 29.6 Å². The summed E-state index contributed by atoms with van der Waals surface area (Å²) in [6.45, 7) is 8.77. The maximum atomic E-state index is 13.4. The Morgan fingerprint density at radius 1 is 1.40 bits per heavy atom. The summed E-state index contributed by atoms with van der Waals surface area (Å²) in [5, 5.41) is 13.3. The predicted octanol–water partition coefficient (Wildman–Crippen LogP) is 3.43. The van der Waals surface area contributed by atoms with Crippen LogP contribution in [0.25, 0.3) is 0 Å². The second-order valence-electron chi connectivity index (χ2n) is 5.50. The molecule has 114 valence electrons. The Morgan fingerprint density at radius 3 is 2.70 bits per heavy atom. The van der Waals surface area contributed by atoms with Crippen molar-refractivity contribution in [2.45, 2.75) is 52.2 Å². The molecule has 0 amide bonds. The zero-order valence-electron chi connectivity index (χ0n) is 12.9. The van der Waals surface area contributed by atoms with Gasteiger partial charge in [0, 0.05) is 17.7 Å². The van der Waals surface area contributed by atoms with Gasteiger partial charge in [0.25, 0.3) is 0 Å². The molecule has 0 aliphatic heterocycles. The van der Waals surface area contributed by atoms with E-state index in [1.165, 1.54) is 12.1 Å². The minimum absolute atomic E-state index is 0.0807. The van der Waals surface area contributed by atoms with Crippen molar-refractivity contribution < 1.29 is 14.2 Å². The van der Waals surface area contributed by atoms with Crippen LogP contribution in [0.1, 0.15) is 52.1 Å². The minimum atomic E-state index is -0.899. The van der Waals surface area contributed by atoms with E-state index < -0.39 is 5.60 Å². The summed E-state index contributed by atoms with van der Waals surface area (Å²) in [5.74, 6) is 0.164. The molecule has 2 N–H and O–H groups in total. The van der Waals surface area contributed by atoms with E-state index in [1.807, 2.05) is 13.8 Å².